The molecule has 0 radical (unpaired) electrons. The SMILES string of the molecule is O=C(NCc1ccc(Cl)cc1)C1CC(O)CN1C(=O)c1ccnc(Cl)c1. The lowest BCUT2D eigenvalue weighted by Crippen LogP contribution is -2.45. The molecule has 1 aromatic carbocycles. The molecule has 2 aromatic rings. The van der Waals surface area contributed by atoms with Crippen LogP contribution in [0.1, 0.15) is 22.3 Å². The second-order valence-corrected chi connectivity index (χ2v) is 6.90. The number of carbonyl (C=O) groups is 2. The van der Waals surface area contributed by atoms with Crippen molar-refractivity contribution in [1.82, 2.24) is 15.2 Å². The van der Waals surface area contributed by atoms with Gasteiger partial charge in [-0.1, -0.05) is 35.3 Å². The minimum absolute atomic E-state index is 0.0950. The van der Waals surface area contributed by atoms with Crippen molar-refractivity contribution in [1.29, 1.82) is 0 Å². The number of aliphatic hydroxyl groups is 1. The number of aromatic nitrogens is 1. The van der Waals surface area contributed by atoms with E-state index in [2.05, 4.69) is 10.3 Å². The molecule has 1 fully saturated rings. The molecule has 0 aliphatic carbocycles. The minimum atomic E-state index is -0.748. The Hall–Kier alpha value is -2.15. The van der Waals surface area contributed by atoms with E-state index in [1.54, 1.807) is 12.1 Å². The van der Waals surface area contributed by atoms with Gasteiger partial charge in [0.05, 0.1) is 6.10 Å². The third-order valence-electron chi connectivity index (χ3n) is 4.20. The number of likely N-dealkylation sites (tertiary alicyclic amines) is 1. The summed E-state index contributed by atoms with van der Waals surface area (Å²) >= 11 is 11.7. The first-order valence-corrected chi connectivity index (χ1v) is 8.82. The van der Waals surface area contributed by atoms with E-state index in [-0.39, 0.29) is 29.9 Å². The van der Waals surface area contributed by atoms with Gasteiger partial charge in [0.2, 0.25) is 5.91 Å². The lowest BCUT2D eigenvalue weighted by Gasteiger charge is -2.23. The van der Waals surface area contributed by atoms with Gasteiger partial charge in [0, 0.05) is 36.3 Å². The number of β-amino-alcohol motifs (C(OH)–C–C–N with tert-alkyl or cyclic N) is 1. The maximum atomic E-state index is 12.7. The molecule has 1 aliphatic heterocycles. The number of hydrogen-bond donors (Lipinski definition) is 2. The number of hydrogen-bond acceptors (Lipinski definition) is 4. The van der Waals surface area contributed by atoms with Gasteiger partial charge < -0.3 is 15.3 Å². The van der Waals surface area contributed by atoms with Crippen LogP contribution in [0.25, 0.3) is 0 Å². The molecule has 1 aliphatic rings. The topological polar surface area (TPSA) is 82.5 Å². The molecule has 26 heavy (non-hydrogen) atoms. The molecule has 136 valence electrons. The van der Waals surface area contributed by atoms with E-state index in [0.717, 1.165) is 5.56 Å². The average molecular weight is 394 g/mol. The van der Waals surface area contributed by atoms with E-state index in [9.17, 15) is 14.7 Å². The molecule has 8 heteroatoms. The van der Waals surface area contributed by atoms with Crippen molar-refractivity contribution in [3.63, 3.8) is 0 Å². The highest BCUT2D eigenvalue weighted by Crippen LogP contribution is 2.22. The zero-order valence-corrected chi connectivity index (χ0v) is 15.2. The summed E-state index contributed by atoms with van der Waals surface area (Å²) in [5, 5.41) is 13.6. The largest absolute Gasteiger partial charge is 0.391 e. The molecule has 2 atom stereocenters. The number of nitrogens with one attached hydrogen (secondary N) is 1. The van der Waals surface area contributed by atoms with Gasteiger partial charge in [0.25, 0.3) is 5.91 Å². The predicted molar refractivity (Wildman–Crippen MR) is 98.0 cm³/mol. The van der Waals surface area contributed by atoms with Gasteiger partial charge in [-0.05, 0) is 29.8 Å². The van der Waals surface area contributed by atoms with Crippen LogP contribution in [0.5, 0.6) is 0 Å². The summed E-state index contributed by atoms with van der Waals surface area (Å²) in [5.74, 6) is -0.678. The van der Waals surface area contributed by atoms with Gasteiger partial charge in [-0.2, -0.15) is 0 Å². The molecule has 6 nitrogen and oxygen atoms in total. The third-order valence-corrected chi connectivity index (χ3v) is 4.65. The van der Waals surface area contributed by atoms with Crippen LogP contribution in [0.15, 0.2) is 42.6 Å². The summed E-state index contributed by atoms with van der Waals surface area (Å²) in [7, 11) is 0. The Morgan fingerprint density at radius 1 is 1.23 bits per heavy atom. The van der Waals surface area contributed by atoms with Crippen molar-refractivity contribution in [3.05, 3.63) is 63.9 Å². The Labute approximate surface area is 160 Å². The molecule has 0 spiro atoms. The quantitative estimate of drug-likeness (QED) is 0.780. The number of benzene rings is 1. The van der Waals surface area contributed by atoms with Gasteiger partial charge in [-0.25, -0.2) is 4.98 Å². The number of nitrogens with zero attached hydrogens (tertiary/aromatic N) is 2. The average Bonchev–Trinajstić information content (AvgIpc) is 3.02. The fourth-order valence-corrected chi connectivity index (χ4v) is 3.20. The molecule has 2 N–H and O–H groups in total. The van der Waals surface area contributed by atoms with Crippen LogP contribution in [0.3, 0.4) is 0 Å². The maximum absolute atomic E-state index is 12.7. The van der Waals surface area contributed by atoms with Crippen molar-refractivity contribution in [2.24, 2.45) is 0 Å². The van der Waals surface area contributed by atoms with E-state index in [4.69, 9.17) is 23.2 Å². The molecule has 1 aromatic heterocycles. The van der Waals surface area contributed by atoms with Crippen LogP contribution in [-0.4, -0.2) is 45.5 Å². The van der Waals surface area contributed by atoms with E-state index in [0.29, 0.717) is 17.1 Å². The predicted octanol–water partition coefficient (Wildman–Crippen LogP) is 2.28. The molecule has 2 heterocycles. The molecular formula is C18H17Cl2N3O3. The summed E-state index contributed by atoms with van der Waals surface area (Å²) in [6.45, 7) is 0.406. The summed E-state index contributed by atoms with van der Waals surface area (Å²) in [5.41, 5.74) is 1.22. The lowest BCUT2D eigenvalue weighted by molar-refractivity contribution is -0.125. The fourth-order valence-electron chi connectivity index (χ4n) is 2.90. The van der Waals surface area contributed by atoms with Crippen molar-refractivity contribution < 1.29 is 14.7 Å². The lowest BCUT2D eigenvalue weighted by atomic mass is 10.1. The van der Waals surface area contributed by atoms with Crippen LogP contribution >= 0.6 is 23.2 Å². The van der Waals surface area contributed by atoms with Crippen LogP contribution in [0, 0.1) is 0 Å². The summed E-state index contributed by atoms with van der Waals surface area (Å²) in [6.07, 6.45) is 0.872. The maximum Gasteiger partial charge on any atom is 0.254 e. The van der Waals surface area contributed by atoms with Crippen molar-refractivity contribution in [3.8, 4) is 0 Å². The number of aliphatic hydroxyl groups excluding tert-OH is 1. The van der Waals surface area contributed by atoms with Crippen LogP contribution in [-0.2, 0) is 11.3 Å². The van der Waals surface area contributed by atoms with E-state index in [1.807, 2.05) is 12.1 Å². The highest BCUT2D eigenvalue weighted by molar-refractivity contribution is 6.30. The van der Waals surface area contributed by atoms with Gasteiger partial charge in [0.1, 0.15) is 11.2 Å². The third kappa shape index (κ3) is 4.33. The first-order chi connectivity index (χ1) is 12.4. The van der Waals surface area contributed by atoms with Crippen LogP contribution in [0.4, 0.5) is 0 Å². The Morgan fingerprint density at radius 2 is 1.96 bits per heavy atom. The number of halogens is 2. The Balaban J connectivity index is 1.69. The summed E-state index contributed by atoms with van der Waals surface area (Å²) < 4.78 is 0. The first kappa shape index (κ1) is 18.6. The van der Waals surface area contributed by atoms with Gasteiger partial charge in [-0.15, -0.1) is 0 Å². The zero-order valence-electron chi connectivity index (χ0n) is 13.7. The molecule has 0 bridgehead atoms. The monoisotopic (exact) mass is 393 g/mol. The second-order valence-electron chi connectivity index (χ2n) is 6.07. The van der Waals surface area contributed by atoms with E-state index < -0.39 is 12.1 Å². The molecule has 0 saturated carbocycles. The Bertz CT molecular complexity index is 814. The number of rotatable bonds is 4. The van der Waals surface area contributed by atoms with Crippen LogP contribution < -0.4 is 5.32 Å². The highest BCUT2D eigenvalue weighted by Gasteiger charge is 2.39. The Morgan fingerprint density at radius 3 is 2.65 bits per heavy atom. The Kier molecular flexibility index (Phi) is 5.76. The van der Waals surface area contributed by atoms with Crippen molar-refractivity contribution in [2.45, 2.75) is 25.1 Å². The number of pyridine rings is 1. The molecule has 2 amide bonds. The van der Waals surface area contributed by atoms with Crippen LogP contribution in [0.2, 0.25) is 10.2 Å². The van der Waals surface area contributed by atoms with E-state index in [1.165, 1.54) is 23.2 Å². The summed E-state index contributed by atoms with van der Waals surface area (Å²) in [4.78, 5) is 30.5. The minimum Gasteiger partial charge on any atom is -0.391 e. The highest BCUT2D eigenvalue weighted by atomic mass is 35.5. The van der Waals surface area contributed by atoms with Gasteiger partial charge in [-0.3, -0.25) is 9.59 Å². The van der Waals surface area contributed by atoms with Gasteiger partial charge >= 0.3 is 0 Å². The second kappa shape index (κ2) is 8.03. The van der Waals surface area contributed by atoms with Gasteiger partial charge in [0.15, 0.2) is 0 Å². The number of carbonyl (C=O) groups excluding carboxylic acids is 2. The zero-order chi connectivity index (χ0) is 18.7. The first-order valence-electron chi connectivity index (χ1n) is 8.07. The van der Waals surface area contributed by atoms with Crippen molar-refractivity contribution in [2.75, 3.05) is 6.54 Å². The fraction of sp³-hybridized carbons (Fsp3) is 0.278. The number of amides is 2. The smallest absolute Gasteiger partial charge is 0.254 e. The molecule has 3 rings (SSSR count). The van der Waals surface area contributed by atoms with E-state index >= 15 is 0 Å². The summed E-state index contributed by atoms with van der Waals surface area (Å²) in [6, 6.07) is 9.34. The molecule has 1 saturated heterocycles. The standard InChI is InChI=1S/C18H17Cl2N3O3/c19-13-3-1-11(2-4-13)9-22-17(25)15-8-14(24)10-23(15)18(26)12-5-6-21-16(20)7-12/h1-7,14-15,24H,8-10H2,(H,22,25). The molecular weight excluding hydrogens is 377 g/mol. The van der Waals surface area contributed by atoms with Crippen molar-refractivity contribution >= 4 is 35.0 Å². The normalized spacial score (nSPS) is 19.4. The molecule has 2 unspecified atom stereocenters.